The summed E-state index contributed by atoms with van der Waals surface area (Å²) in [6, 6.07) is 16.7. The zero-order valence-corrected chi connectivity index (χ0v) is 24.1. The number of aliphatic hydroxyl groups is 2. The first-order valence-electron chi connectivity index (χ1n) is 11.9. The minimum Gasteiger partial charge on any atom is -0.550 e. The number of aromatic nitrogens is 2. The summed E-state index contributed by atoms with van der Waals surface area (Å²) >= 11 is 6.07. The van der Waals surface area contributed by atoms with Gasteiger partial charge in [-0.2, -0.15) is 0 Å². The van der Waals surface area contributed by atoms with Crippen molar-refractivity contribution < 1.29 is 54.5 Å². The molecule has 2 atom stereocenters. The van der Waals surface area contributed by atoms with Crippen LogP contribution in [0.4, 0.5) is 0 Å². The van der Waals surface area contributed by atoms with Crippen LogP contribution in [0.2, 0.25) is 5.02 Å². The Morgan fingerprint density at radius 1 is 1.05 bits per heavy atom. The third-order valence-corrected chi connectivity index (χ3v) is 6.05. The number of benzene rings is 2. The van der Waals surface area contributed by atoms with Crippen molar-refractivity contribution in [2.24, 2.45) is 0 Å². The summed E-state index contributed by atoms with van der Waals surface area (Å²) in [7, 11) is 0. The van der Waals surface area contributed by atoms with Crippen molar-refractivity contribution in [2.75, 3.05) is 0 Å². The molecular formula is C27H31ClN3NaO5. The zero-order chi connectivity index (χ0) is 26.2. The Morgan fingerprint density at radius 3 is 2.30 bits per heavy atom. The van der Waals surface area contributed by atoms with Gasteiger partial charge in [-0.3, -0.25) is 4.79 Å². The van der Waals surface area contributed by atoms with E-state index in [1.54, 1.807) is 12.1 Å². The van der Waals surface area contributed by atoms with Gasteiger partial charge in [0.1, 0.15) is 11.5 Å². The fourth-order valence-corrected chi connectivity index (χ4v) is 4.24. The average Bonchev–Trinajstić information content (AvgIpc) is 3.21. The molecule has 0 aliphatic carbocycles. The van der Waals surface area contributed by atoms with E-state index in [-0.39, 0.29) is 54.2 Å². The van der Waals surface area contributed by atoms with Gasteiger partial charge in [0, 0.05) is 36.1 Å². The van der Waals surface area contributed by atoms with Crippen molar-refractivity contribution in [2.45, 2.75) is 64.3 Å². The molecule has 0 bridgehead atoms. The van der Waals surface area contributed by atoms with E-state index >= 15 is 0 Å². The molecule has 8 nitrogen and oxygen atoms in total. The Hall–Kier alpha value is -2.20. The smallest absolute Gasteiger partial charge is 0.550 e. The molecule has 0 aliphatic rings. The van der Waals surface area contributed by atoms with Crippen LogP contribution in [0.5, 0.6) is 0 Å². The molecule has 0 saturated carbocycles. The molecule has 3 N–H and O–H groups in total. The summed E-state index contributed by atoms with van der Waals surface area (Å²) < 4.78 is 1.90. The molecule has 0 aliphatic heterocycles. The SMILES string of the molecule is CC(C)c1c(C(=O)NCc2ccccc2)nc(-c2ccc(Cl)cc2)n1CC[C@@H](O)C[C@@H](O)CC(=O)[O-].[Na+]. The number of aliphatic carboxylic acids is 1. The van der Waals surface area contributed by atoms with Gasteiger partial charge < -0.3 is 30.0 Å². The molecule has 10 heteroatoms. The minimum atomic E-state index is -1.37. The molecule has 0 saturated heterocycles. The first kappa shape index (κ1) is 31.0. The van der Waals surface area contributed by atoms with E-state index in [1.165, 1.54) is 0 Å². The van der Waals surface area contributed by atoms with Crippen molar-refractivity contribution in [1.29, 1.82) is 0 Å². The van der Waals surface area contributed by atoms with Gasteiger partial charge in [-0.25, -0.2) is 4.98 Å². The average molecular weight is 536 g/mol. The number of aliphatic hydroxyl groups excluding tert-OH is 2. The van der Waals surface area contributed by atoms with Crippen LogP contribution >= 0.6 is 11.6 Å². The topological polar surface area (TPSA) is 128 Å². The second kappa shape index (κ2) is 14.7. The Bertz CT molecular complexity index is 1170. The molecule has 37 heavy (non-hydrogen) atoms. The molecule has 0 unspecified atom stereocenters. The summed E-state index contributed by atoms with van der Waals surface area (Å²) in [5.74, 6) is -1.18. The van der Waals surface area contributed by atoms with Gasteiger partial charge in [0.2, 0.25) is 0 Å². The molecule has 2 aromatic carbocycles. The summed E-state index contributed by atoms with van der Waals surface area (Å²) in [6.07, 6.45) is -2.56. The Morgan fingerprint density at radius 2 is 1.70 bits per heavy atom. The van der Waals surface area contributed by atoms with E-state index in [4.69, 9.17) is 16.6 Å². The van der Waals surface area contributed by atoms with E-state index in [0.29, 0.717) is 35.3 Å². The molecule has 1 amide bonds. The molecule has 3 aromatic rings. The fraction of sp³-hybridized carbons (Fsp3) is 0.370. The molecule has 3 rings (SSSR count). The van der Waals surface area contributed by atoms with Crippen molar-refractivity contribution >= 4 is 23.5 Å². The number of halogens is 1. The second-order valence-electron chi connectivity index (χ2n) is 9.06. The van der Waals surface area contributed by atoms with Gasteiger partial charge in [-0.1, -0.05) is 55.8 Å². The number of rotatable bonds is 12. The summed E-state index contributed by atoms with van der Waals surface area (Å²) in [5, 5.41) is 34.5. The monoisotopic (exact) mass is 535 g/mol. The predicted molar refractivity (Wildman–Crippen MR) is 135 cm³/mol. The van der Waals surface area contributed by atoms with Crippen LogP contribution in [-0.4, -0.2) is 43.8 Å². The maximum atomic E-state index is 13.2. The fourth-order valence-electron chi connectivity index (χ4n) is 4.11. The number of nitrogens with zero attached hydrogens (tertiary/aromatic N) is 2. The van der Waals surface area contributed by atoms with Crippen LogP contribution < -0.4 is 40.0 Å². The molecule has 192 valence electrons. The van der Waals surface area contributed by atoms with E-state index in [9.17, 15) is 24.9 Å². The maximum Gasteiger partial charge on any atom is 1.00 e. The molecule has 0 fully saturated rings. The molecule has 1 heterocycles. The van der Waals surface area contributed by atoms with Gasteiger partial charge in [0.25, 0.3) is 5.91 Å². The number of amides is 1. The van der Waals surface area contributed by atoms with Gasteiger partial charge in [-0.05, 0) is 48.6 Å². The minimum absolute atomic E-state index is 0. The largest absolute Gasteiger partial charge is 1.00 e. The first-order chi connectivity index (χ1) is 17.2. The van der Waals surface area contributed by atoms with E-state index in [1.807, 2.05) is 60.9 Å². The molecule has 0 spiro atoms. The standard InChI is InChI=1S/C27H32ClN3O5.Na/c1-17(2)25-24(27(36)29-16-18-6-4-3-5-7-18)30-26(19-8-10-20(28)11-9-19)31(25)13-12-21(32)14-22(33)15-23(34)35;/h3-11,17,21-22,32-33H,12-16H2,1-2H3,(H,29,36)(H,34,35);/q;+1/p-1/t21-,22-;/m1./s1. The van der Waals surface area contributed by atoms with Crippen LogP contribution in [0.15, 0.2) is 54.6 Å². The predicted octanol–water partition coefficient (Wildman–Crippen LogP) is -0.0971. The number of carboxylic acid groups (broad SMARTS) is 1. The zero-order valence-electron chi connectivity index (χ0n) is 21.4. The number of imidazole rings is 1. The number of carboxylic acids is 1. The Balaban J connectivity index is 0.00000481. The third kappa shape index (κ3) is 8.95. The third-order valence-electron chi connectivity index (χ3n) is 5.80. The van der Waals surface area contributed by atoms with Crippen molar-refractivity contribution in [3.63, 3.8) is 0 Å². The van der Waals surface area contributed by atoms with Crippen molar-refractivity contribution in [3.05, 3.63) is 76.6 Å². The molecule has 1 aromatic heterocycles. The van der Waals surface area contributed by atoms with E-state index in [0.717, 1.165) is 11.1 Å². The van der Waals surface area contributed by atoms with Crippen LogP contribution in [0.3, 0.4) is 0 Å². The van der Waals surface area contributed by atoms with Gasteiger partial charge in [0.05, 0.1) is 17.9 Å². The van der Waals surface area contributed by atoms with Gasteiger partial charge in [-0.15, -0.1) is 0 Å². The van der Waals surface area contributed by atoms with Gasteiger partial charge >= 0.3 is 29.6 Å². The summed E-state index contributed by atoms with van der Waals surface area (Å²) in [4.78, 5) is 28.7. The molecule has 0 radical (unpaired) electrons. The van der Waals surface area contributed by atoms with Crippen LogP contribution in [0.25, 0.3) is 11.4 Å². The summed E-state index contributed by atoms with van der Waals surface area (Å²) in [5.41, 5.74) is 2.74. The first-order valence-corrected chi connectivity index (χ1v) is 12.3. The maximum absolute atomic E-state index is 13.2. The number of carbonyl (C=O) groups is 2. The van der Waals surface area contributed by atoms with Crippen LogP contribution in [0.1, 0.15) is 60.8 Å². The van der Waals surface area contributed by atoms with Crippen LogP contribution in [0, 0.1) is 0 Å². The Kier molecular flexibility index (Phi) is 12.3. The number of nitrogens with one attached hydrogen (secondary N) is 1. The van der Waals surface area contributed by atoms with E-state index in [2.05, 4.69) is 5.32 Å². The number of carbonyl (C=O) groups excluding carboxylic acids is 2. The normalized spacial score (nSPS) is 12.6. The Labute approximate surface area is 244 Å². The van der Waals surface area contributed by atoms with Crippen LogP contribution in [-0.2, 0) is 17.9 Å². The van der Waals surface area contributed by atoms with E-state index < -0.39 is 24.6 Å². The van der Waals surface area contributed by atoms with Gasteiger partial charge in [0.15, 0.2) is 0 Å². The molecular weight excluding hydrogens is 505 g/mol. The number of hydrogen-bond donors (Lipinski definition) is 3. The summed E-state index contributed by atoms with van der Waals surface area (Å²) in [6.45, 7) is 4.60. The van der Waals surface area contributed by atoms with Crippen molar-refractivity contribution in [1.82, 2.24) is 14.9 Å². The quantitative estimate of drug-likeness (QED) is 0.278. The second-order valence-corrected chi connectivity index (χ2v) is 9.50. The number of hydrogen-bond acceptors (Lipinski definition) is 6. The van der Waals surface area contributed by atoms with Crippen molar-refractivity contribution in [3.8, 4) is 11.4 Å².